The summed E-state index contributed by atoms with van der Waals surface area (Å²) in [5.74, 6) is 1.93. The van der Waals surface area contributed by atoms with Crippen LogP contribution in [0.1, 0.15) is 0 Å². The Morgan fingerprint density at radius 1 is 0.314 bits per heavy atom. The van der Waals surface area contributed by atoms with Crippen LogP contribution in [0.2, 0.25) is 0 Å². The van der Waals surface area contributed by atoms with E-state index in [1.54, 1.807) is 0 Å². The number of aromatic nitrogens is 3. The molecule has 8 aromatic carbocycles. The first-order chi connectivity index (χ1) is 25.3. The maximum Gasteiger partial charge on any atom is 0.164 e. The second-order valence-electron chi connectivity index (χ2n) is 13.1. The van der Waals surface area contributed by atoms with Crippen LogP contribution in [0.3, 0.4) is 0 Å². The number of nitrogens with zero attached hydrogens (tertiary/aromatic N) is 3. The fourth-order valence-corrected chi connectivity index (χ4v) is 8.02. The SMILES string of the molecule is c1ccc(-c2nc(-c3cc4c5c(cccc5c3)-c3ccccc3-4)nc(-c3ccc(-c4cccc5oc6ccccc6c45)c4ccccc34)n2)cc1. The van der Waals surface area contributed by atoms with Crippen LogP contribution in [0.25, 0.3) is 111 Å². The summed E-state index contributed by atoms with van der Waals surface area (Å²) in [4.78, 5) is 15.5. The second kappa shape index (κ2) is 10.8. The molecule has 0 fully saturated rings. The lowest BCUT2D eigenvalue weighted by atomic mass is 9.92. The van der Waals surface area contributed by atoms with Crippen LogP contribution in [0.4, 0.5) is 0 Å². The Labute approximate surface area is 293 Å². The van der Waals surface area contributed by atoms with Crippen molar-refractivity contribution in [2.24, 2.45) is 0 Å². The largest absolute Gasteiger partial charge is 0.456 e. The molecule has 236 valence electrons. The van der Waals surface area contributed by atoms with E-state index in [9.17, 15) is 0 Å². The highest BCUT2D eigenvalue weighted by atomic mass is 16.3. The summed E-state index contributed by atoms with van der Waals surface area (Å²) in [6.45, 7) is 0. The van der Waals surface area contributed by atoms with E-state index in [1.165, 1.54) is 33.0 Å². The normalized spacial score (nSPS) is 11.9. The van der Waals surface area contributed by atoms with Gasteiger partial charge in [-0.25, -0.2) is 15.0 Å². The van der Waals surface area contributed by atoms with E-state index in [1.807, 2.05) is 36.4 Å². The Morgan fingerprint density at radius 3 is 1.71 bits per heavy atom. The highest BCUT2D eigenvalue weighted by Gasteiger charge is 2.23. The number of benzene rings is 8. The average molecular weight is 650 g/mol. The Hall–Kier alpha value is -6.91. The van der Waals surface area contributed by atoms with E-state index in [0.717, 1.165) is 60.5 Å². The zero-order chi connectivity index (χ0) is 33.5. The fourth-order valence-electron chi connectivity index (χ4n) is 8.02. The Bertz CT molecular complexity index is 3030. The van der Waals surface area contributed by atoms with Crippen molar-refractivity contribution in [3.63, 3.8) is 0 Å². The van der Waals surface area contributed by atoms with Gasteiger partial charge in [-0.3, -0.25) is 0 Å². The zero-order valence-electron chi connectivity index (χ0n) is 27.3. The van der Waals surface area contributed by atoms with Gasteiger partial charge in [-0.15, -0.1) is 0 Å². The predicted octanol–water partition coefficient (Wildman–Crippen LogP) is 12.4. The first-order valence-electron chi connectivity index (χ1n) is 17.2. The van der Waals surface area contributed by atoms with Crippen LogP contribution in [0.5, 0.6) is 0 Å². The van der Waals surface area contributed by atoms with Gasteiger partial charge in [-0.1, -0.05) is 133 Å². The van der Waals surface area contributed by atoms with E-state index in [0.29, 0.717) is 17.5 Å². The summed E-state index contributed by atoms with van der Waals surface area (Å²) in [6, 6.07) is 57.3. The van der Waals surface area contributed by atoms with Crippen molar-refractivity contribution in [3.8, 4) is 67.5 Å². The number of hydrogen-bond donors (Lipinski definition) is 0. The van der Waals surface area contributed by atoms with E-state index >= 15 is 0 Å². The van der Waals surface area contributed by atoms with Gasteiger partial charge in [0.2, 0.25) is 0 Å². The van der Waals surface area contributed by atoms with Crippen molar-refractivity contribution >= 4 is 43.5 Å². The molecule has 10 aromatic rings. The number of rotatable bonds is 4. The van der Waals surface area contributed by atoms with Crippen LogP contribution < -0.4 is 0 Å². The Balaban J connectivity index is 1.14. The molecule has 0 unspecified atom stereocenters. The molecule has 0 radical (unpaired) electrons. The zero-order valence-corrected chi connectivity index (χ0v) is 27.3. The minimum absolute atomic E-state index is 0.638. The molecule has 0 atom stereocenters. The third-order valence-electron chi connectivity index (χ3n) is 10.3. The van der Waals surface area contributed by atoms with Crippen molar-refractivity contribution in [2.75, 3.05) is 0 Å². The van der Waals surface area contributed by atoms with Crippen LogP contribution in [-0.4, -0.2) is 15.0 Å². The fraction of sp³-hybridized carbons (Fsp3) is 0. The van der Waals surface area contributed by atoms with Gasteiger partial charge in [-0.05, 0) is 85.3 Å². The molecule has 4 heteroatoms. The van der Waals surface area contributed by atoms with Gasteiger partial charge in [0.25, 0.3) is 0 Å². The summed E-state index contributed by atoms with van der Waals surface area (Å²) in [5, 5.41) is 6.89. The smallest absolute Gasteiger partial charge is 0.164 e. The summed E-state index contributed by atoms with van der Waals surface area (Å²) in [7, 11) is 0. The highest BCUT2D eigenvalue weighted by molar-refractivity contribution is 6.17. The quantitative estimate of drug-likeness (QED) is 0.190. The van der Waals surface area contributed by atoms with Gasteiger partial charge < -0.3 is 4.42 Å². The number of hydrogen-bond acceptors (Lipinski definition) is 4. The Kier molecular flexibility index (Phi) is 5.92. The maximum absolute atomic E-state index is 6.27. The van der Waals surface area contributed by atoms with E-state index in [4.69, 9.17) is 19.4 Å². The van der Waals surface area contributed by atoms with Crippen molar-refractivity contribution < 1.29 is 4.42 Å². The summed E-state index contributed by atoms with van der Waals surface area (Å²) < 4.78 is 6.27. The standard InChI is InChI=1S/C47H27N3O/c1-2-12-28(13-3-1)45-48-46(30-26-29-14-10-20-36-32-16-5-7-18-34(32)40(27-30)43(29)36)50-47(49-45)38-25-24-35(31-15-4-6-17-33(31)38)37-21-11-23-42-44(37)39-19-8-9-22-41(39)51-42/h1-27H. The molecule has 0 amide bonds. The van der Waals surface area contributed by atoms with Crippen LogP contribution in [0.15, 0.2) is 168 Å². The third-order valence-corrected chi connectivity index (χ3v) is 10.3. The van der Waals surface area contributed by atoms with Crippen molar-refractivity contribution in [3.05, 3.63) is 164 Å². The molecule has 0 aliphatic heterocycles. The highest BCUT2D eigenvalue weighted by Crippen LogP contribution is 2.48. The maximum atomic E-state index is 6.27. The van der Waals surface area contributed by atoms with Gasteiger partial charge in [0.15, 0.2) is 17.5 Å². The van der Waals surface area contributed by atoms with Gasteiger partial charge in [0, 0.05) is 27.5 Å². The molecule has 51 heavy (non-hydrogen) atoms. The van der Waals surface area contributed by atoms with Crippen LogP contribution in [-0.2, 0) is 0 Å². The monoisotopic (exact) mass is 649 g/mol. The van der Waals surface area contributed by atoms with E-state index < -0.39 is 0 Å². The molecule has 11 rings (SSSR count). The third kappa shape index (κ3) is 4.23. The van der Waals surface area contributed by atoms with Gasteiger partial charge >= 0.3 is 0 Å². The minimum atomic E-state index is 0.638. The molecule has 1 aliphatic carbocycles. The van der Waals surface area contributed by atoms with E-state index in [2.05, 4.69) is 127 Å². The van der Waals surface area contributed by atoms with Gasteiger partial charge in [-0.2, -0.15) is 0 Å². The summed E-state index contributed by atoms with van der Waals surface area (Å²) in [6.07, 6.45) is 0. The average Bonchev–Trinajstić information content (AvgIpc) is 3.74. The first kappa shape index (κ1) is 28.0. The molecule has 0 saturated carbocycles. The molecular formula is C47H27N3O. The Morgan fingerprint density at radius 2 is 0.882 bits per heavy atom. The van der Waals surface area contributed by atoms with Crippen LogP contribution >= 0.6 is 0 Å². The lowest BCUT2D eigenvalue weighted by Gasteiger charge is -2.14. The summed E-state index contributed by atoms with van der Waals surface area (Å²) >= 11 is 0. The summed E-state index contributed by atoms with van der Waals surface area (Å²) in [5.41, 5.74) is 11.9. The lowest BCUT2D eigenvalue weighted by molar-refractivity contribution is 0.669. The topological polar surface area (TPSA) is 51.8 Å². The van der Waals surface area contributed by atoms with Gasteiger partial charge in [0.1, 0.15) is 11.2 Å². The number of fused-ring (bicyclic) bond motifs is 7. The van der Waals surface area contributed by atoms with Gasteiger partial charge in [0.05, 0.1) is 0 Å². The lowest BCUT2D eigenvalue weighted by Crippen LogP contribution is -2.01. The van der Waals surface area contributed by atoms with Crippen LogP contribution in [0, 0.1) is 0 Å². The second-order valence-corrected chi connectivity index (χ2v) is 13.1. The molecule has 0 bridgehead atoms. The van der Waals surface area contributed by atoms with E-state index in [-0.39, 0.29) is 0 Å². The molecular weight excluding hydrogens is 623 g/mol. The minimum Gasteiger partial charge on any atom is -0.456 e. The predicted molar refractivity (Wildman–Crippen MR) is 208 cm³/mol. The first-order valence-corrected chi connectivity index (χ1v) is 17.2. The molecule has 2 heterocycles. The molecule has 0 spiro atoms. The van der Waals surface area contributed by atoms with Crippen molar-refractivity contribution in [2.45, 2.75) is 0 Å². The van der Waals surface area contributed by atoms with Crippen molar-refractivity contribution in [1.29, 1.82) is 0 Å². The number of furan rings is 1. The molecule has 0 N–H and O–H groups in total. The molecule has 1 aliphatic rings. The molecule has 2 aromatic heterocycles. The molecule has 0 saturated heterocycles. The number of para-hydroxylation sites is 1. The van der Waals surface area contributed by atoms with Crippen molar-refractivity contribution in [1.82, 2.24) is 15.0 Å². The molecule has 4 nitrogen and oxygen atoms in total.